The van der Waals surface area contributed by atoms with Gasteiger partial charge in [0.2, 0.25) is 0 Å². The average Bonchev–Trinajstić information content (AvgIpc) is 2.44. The van der Waals surface area contributed by atoms with Crippen molar-refractivity contribution in [3.8, 4) is 0 Å². The Morgan fingerprint density at radius 2 is 1.80 bits per heavy atom. The zero-order valence-electron chi connectivity index (χ0n) is 11.7. The van der Waals surface area contributed by atoms with Gasteiger partial charge in [-0.1, -0.05) is 48.5 Å². The lowest BCUT2D eigenvalue weighted by atomic mass is 10.0. The highest BCUT2D eigenvalue weighted by Gasteiger charge is 2.12. The summed E-state index contributed by atoms with van der Waals surface area (Å²) >= 11 is 0. The molecule has 0 bridgehead atoms. The molecule has 0 spiro atoms. The minimum Gasteiger partial charge on any atom is -0.259 e. The van der Waals surface area contributed by atoms with Gasteiger partial charge < -0.3 is 0 Å². The minimum absolute atomic E-state index is 0.213. The first-order valence-electron chi connectivity index (χ1n) is 6.53. The van der Waals surface area contributed by atoms with Crippen LogP contribution >= 0.6 is 0 Å². The Morgan fingerprint density at radius 3 is 2.45 bits per heavy atom. The van der Waals surface area contributed by atoms with Gasteiger partial charge in [-0.3, -0.25) is 10.1 Å². The summed E-state index contributed by atoms with van der Waals surface area (Å²) in [5.41, 5.74) is 4.29. The number of benzene rings is 2. The van der Waals surface area contributed by atoms with Gasteiger partial charge in [0, 0.05) is 6.08 Å². The van der Waals surface area contributed by atoms with E-state index in [2.05, 4.69) is 0 Å². The number of rotatable bonds is 4. The van der Waals surface area contributed by atoms with E-state index < -0.39 is 0 Å². The van der Waals surface area contributed by atoms with Crippen molar-refractivity contribution in [3.63, 3.8) is 0 Å². The van der Waals surface area contributed by atoms with E-state index in [0.29, 0.717) is 6.42 Å². The van der Waals surface area contributed by atoms with Gasteiger partial charge in [0.25, 0.3) is 5.70 Å². The molecule has 0 saturated heterocycles. The van der Waals surface area contributed by atoms with Crippen molar-refractivity contribution in [2.75, 3.05) is 0 Å². The fourth-order valence-electron chi connectivity index (χ4n) is 2.08. The Bertz CT molecular complexity index is 645. The number of aryl methyl sites for hydroxylation is 1. The zero-order valence-corrected chi connectivity index (χ0v) is 11.7. The van der Waals surface area contributed by atoms with E-state index >= 15 is 0 Å². The van der Waals surface area contributed by atoms with Gasteiger partial charge in [0.15, 0.2) is 0 Å². The molecule has 2 rings (SSSR count). The number of nitrogens with zero attached hydrogens (tertiary/aromatic N) is 1. The molecule has 20 heavy (non-hydrogen) atoms. The maximum absolute atomic E-state index is 11.2. The SMILES string of the molecule is Cc1cccc(C=C(Cc2ccccc2)[N+](=O)[O-])c1C. The molecule has 0 aromatic heterocycles. The molecule has 0 radical (unpaired) electrons. The van der Waals surface area contributed by atoms with Crippen LogP contribution in [-0.2, 0) is 6.42 Å². The third kappa shape index (κ3) is 3.32. The molecule has 2 aromatic carbocycles. The van der Waals surface area contributed by atoms with E-state index in [0.717, 1.165) is 22.3 Å². The molecule has 0 heterocycles. The van der Waals surface area contributed by atoms with Crippen LogP contribution in [0.4, 0.5) is 0 Å². The lowest BCUT2D eigenvalue weighted by Crippen LogP contribution is -2.03. The maximum Gasteiger partial charge on any atom is 0.251 e. The van der Waals surface area contributed by atoms with Crippen molar-refractivity contribution in [3.05, 3.63) is 86.6 Å². The molecule has 0 aliphatic carbocycles. The topological polar surface area (TPSA) is 43.1 Å². The number of allylic oxidation sites excluding steroid dienone is 1. The standard InChI is InChI=1S/C17H17NO2/c1-13-7-6-10-16(14(13)2)12-17(18(19)20)11-15-8-4-3-5-9-15/h3-10,12H,11H2,1-2H3. The van der Waals surface area contributed by atoms with Crippen LogP contribution in [-0.4, -0.2) is 4.92 Å². The van der Waals surface area contributed by atoms with Crippen LogP contribution in [0.3, 0.4) is 0 Å². The van der Waals surface area contributed by atoms with E-state index in [1.165, 1.54) is 0 Å². The highest BCUT2D eigenvalue weighted by molar-refractivity contribution is 5.57. The van der Waals surface area contributed by atoms with Crippen LogP contribution in [0.1, 0.15) is 22.3 Å². The van der Waals surface area contributed by atoms with Crippen LogP contribution in [0.25, 0.3) is 6.08 Å². The van der Waals surface area contributed by atoms with Gasteiger partial charge in [0.05, 0.1) is 11.3 Å². The maximum atomic E-state index is 11.2. The predicted octanol–water partition coefficient (Wildman–Crippen LogP) is 4.16. The van der Waals surface area contributed by atoms with Gasteiger partial charge in [-0.25, -0.2) is 0 Å². The molecule has 2 aromatic rings. The molecular formula is C17H17NO2. The van der Waals surface area contributed by atoms with Crippen molar-refractivity contribution >= 4 is 6.08 Å². The van der Waals surface area contributed by atoms with Crippen LogP contribution in [0.2, 0.25) is 0 Å². The van der Waals surface area contributed by atoms with Crippen LogP contribution in [0.5, 0.6) is 0 Å². The van der Waals surface area contributed by atoms with E-state index in [1.54, 1.807) is 6.08 Å². The first-order chi connectivity index (χ1) is 9.58. The molecule has 0 aliphatic rings. The van der Waals surface area contributed by atoms with E-state index in [9.17, 15) is 10.1 Å². The predicted molar refractivity (Wildman–Crippen MR) is 81.0 cm³/mol. The van der Waals surface area contributed by atoms with Crippen LogP contribution in [0, 0.1) is 24.0 Å². The second kappa shape index (κ2) is 6.15. The van der Waals surface area contributed by atoms with Crippen molar-refractivity contribution in [2.45, 2.75) is 20.3 Å². The summed E-state index contributed by atoms with van der Waals surface area (Å²) in [7, 11) is 0. The first-order valence-corrected chi connectivity index (χ1v) is 6.53. The molecule has 3 heteroatoms. The number of hydrogen-bond acceptors (Lipinski definition) is 2. The van der Waals surface area contributed by atoms with Gasteiger partial charge in [0.1, 0.15) is 0 Å². The van der Waals surface area contributed by atoms with Crippen LogP contribution in [0.15, 0.2) is 54.2 Å². The van der Waals surface area contributed by atoms with Crippen molar-refractivity contribution in [1.29, 1.82) is 0 Å². The van der Waals surface area contributed by atoms with Crippen molar-refractivity contribution in [2.24, 2.45) is 0 Å². The lowest BCUT2D eigenvalue weighted by molar-refractivity contribution is -0.425. The quantitative estimate of drug-likeness (QED) is 0.616. The third-order valence-corrected chi connectivity index (χ3v) is 3.43. The normalized spacial score (nSPS) is 11.4. The minimum atomic E-state index is -0.297. The van der Waals surface area contributed by atoms with Crippen LogP contribution < -0.4 is 0 Å². The average molecular weight is 267 g/mol. The van der Waals surface area contributed by atoms with E-state index in [-0.39, 0.29) is 10.6 Å². The zero-order chi connectivity index (χ0) is 14.5. The number of nitro groups is 1. The Morgan fingerprint density at radius 1 is 1.10 bits per heavy atom. The summed E-state index contributed by atoms with van der Waals surface area (Å²) in [6.07, 6.45) is 2.01. The molecule has 102 valence electrons. The third-order valence-electron chi connectivity index (χ3n) is 3.43. The van der Waals surface area contributed by atoms with Gasteiger partial charge in [-0.05, 0) is 36.1 Å². The summed E-state index contributed by atoms with van der Waals surface area (Å²) < 4.78 is 0. The van der Waals surface area contributed by atoms with Gasteiger partial charge in [-0.15, -0.1) is 0 Å². The number of hydrogen-bond donors (Lipinski definition) is 0. The molecule has 0 amide bonds. The second-order valence-electron chi connectivity index (χ2n) is 4.84. The smallest absolute Gasteiger partial charge is 0.251 e. The molecule has 0 atom stereocenters. The summed E-state index contributed by atoms with van der Waals surface area (Å²) in [6.45, 7) is 4.00. The molecule has 0 fully saturated rings. The molecule has 0 aliphatic heterocycles. The van der Waals surface area contributed by atoms with Gasteiger partial charge in [-0.2, -0.15) is 0 Å². The first kappa shape index (κ1) is 14.0. The highest BCUT2D eigenvalue weighted by atomic mass is 16.6. The fraction of sp³-hybridized carbons (Fsp3) is 0.176. The summed E-state index contributed by atoms with van der Waals surface area (Å²) in [5.74, 6) is 0. The Kier molecular flexibility index (Phi) is 4.31. The molecule has 0 saturated carbocycles. The molecule has 3 nitrogen and oxygen atoms in total. The largest absolute Gasteiger partial charge is 0.259 e. The molecule has 0 N–H and O–H groups in total. The highest BCUT2D eigenvalue weighted by Crippen LogP contribution is 2.18. The summed E-state index contributed by atoms with van der Waals surface area (Å²) in [4.78, 5) is 10.9. The second-order valence-corrected chi connectivity index (χ2v) is 4.84. The monoisotopic (exact) mass is 267 g/mol. The van der Waals surface area contributed by atoms with E-state index in [1.807, 2.05) is 62.4 Å². The molecular weight excluding hydrogens is 250 g/mol. The summed E-state index contributed by atoms with van der Waals surface area (Å²) in [6, 6.07) is 15.3. The van der Waals surface area contributed by atoms with E-state index in [4.69, 9.17) is 0 Å². The summed E-state index contributed by atoms with van der Waals surface area (Å²) in [5, 5.41) is 11.2. The van der Waals surface area contributed by atoms with Crippen molar-refractivity contribution in [1.82, 2.24) is 0 Å². The molecule has 0 unspecified atom stereocenters. The Labute approximate surface area is 118 Å². The fourth-order valence-corrected chi connectivity index (χ4v) is 2.08. The van der Waals surface area contributed by atoms with Crippen molar-refractivity contribution < 1.29 is 4.92 Å². The lowest BCUT2D eigenvalue weighted by Gasteiger charge is -2.05. The Hall–Kier alpha value is -2.42. The Balaban J connectivity index is 2.36. The van der Waals surface area contributed by atoms with Gasteiger partial charge >= 0.3 is 0 Å².